The summed E-state index contributed by atoms with van der Waals surface area (Å²) in [5, 5.41) is 3.69. The smallest absolute Gasteiger partial charge is 0.193 e. The topological polar surface area (TPSA) is 55.3 Å². The average Bonchev–Trinajstić information content (AvgIpc) is 2.79. The molecule has 162 valence electrons. The van der Waals surface area contributed by atoms with Crippen LogP contribution in [-0.4, -0.2) is 77.2 Å². The van der Waals surface area contributed by atoms with Gasteiger partial charge in [-0.3, -0.25) is 4.99 Å². The van der Waals surface area contributed by atoms with E-state index in [2.05, 4.69) is 45.5 Å². The summed E-state index contributed by atoms with van der Waals surface area (Å²) >= 11 is 0. The van der Waals surface area contributed by atoms with Crippen molar-refractivity contribution in [3.8, 4) is 0 Å². The molecule has 1 aromatic rings. The molecule has 2 aliphatic heterocycles. The minimum absolute atomic E-state index is 0.109. The molecule has 6 nitrogen and oxygen atoms in total. The van der Waals surface area contributed by atoms with Crippen molar-refractivity contribution < 1.29 is 14.2 Å². The molecule has 2 heterocycles. The fourth-order valence-corrected chi connectivity index (χ4v) is 4.39. The molecule has 0 unspecified atom stereocenters. The molecule has 0 aliphatic carbocycles. The predicted molar refractivity (Wildman–Crippen MR) is 117 cm³/mol. The third kappa shape index (κ3) is 6.17. The fraction of sp³-hybridized carbons (Fsp3) is 0.696. The van der Waals surface area contributed by atoms with Crippen LogP contribution in [0.1, 0.15) is 37.7 Å². The number of hydrogen-bond donors (Lipinski definition) is 1. The number of aliphatic imine (C=N–C) groups is 1. The first-order chi connectivity index (χ1) is 14.3. The Morgan fingerprint density at radius 3 is 2.55 bits per heavy atom. The summed E-state index contributed by atoms with van der Waals surface area (Å²) in [6, 6.07) is 10.9. The highest BCUT2D eigenvalue weighted by molar-refractivity contribution is 5.80. The highest BCUT2D eigenvalue weighted by Gasteiger charge is 2.35. The Morgan fingerprint density at radius 1 is 1.17 bits per heavy atom. The first kappa shape index (κ1) is 22.1. The molecule has 1 N–H and O–H groups in total. The van der Waals surface area contributed by atoms with Gasteiger partial charge < -0.3 is 24.4 Å². The number of benzene rings is 1. The van der Waals surface area contributed by atoms with E-state index in [-0.39, 0.29) is 5.41 Å². The summed E-state index contributed by atoms with van der Waals surface area (Å²) in [6.07, 6.45) is 5.49. The Balaban J connectivity index is 1.52. The van der Waals surface area contributed by atoms with Gasteiger partial charge in [0.1, 0.15) is 0 Å². The number of guanidine groups is 1. The van der Waals surface area contributed by atoms with Crippen LogP contribution in [0.15, 0.2) is 35.3 Å². The molecule has 1 aromatic carbocycles. The lowest BCUT2D eigenvalue weighted by atomic mass is 9.74. The zero-order chi connectivity index (χ0) is 20.4. The lowest BCUT2D eigenvalue weighted by Gasteiger charge is -2.40. The van der Waals surface area contributed by atoms with Crippen LogP contribution in [0.5, 0.6) is 0 Å². The van der Waals surface area contributed by atoms with Gasteiger partial charge in [0, 0.05) is 65.6 Å². The molecule has 2 fully saturated rings. The molecule has 29 heavy (non-hydrogen) atoms. The molecule has 0 spiro atoms. The predicted octanol–water partition coefficient (Wildman–Crippen LogP) is 2.83. The molecule has 0 aromatic heterocycles. The third-order valence-corrected chi connectivity index (χ3v) is 6.22. The summed E-state index contributed by atoms with van der Waals surface area (Å²) < 4.78 is 16.8. The van der Waals surface area contributed by atoms with E-state index in [0.717, 1.165) is 84.1 Å². The maximum absolute atomic E-state index is 5.99. The molecule has 0 amide bonds. The number of rotatable bonds is 8. The largest absolute Gasteiger partial charge is 0.385 e. The number of nitrogens with one attached hydrogen (secondary N) is 1. The average molecular weight is 404 g/mol. The third-order valence-electron chi connectivity index (χ3n) is 6.22. The maximum Gasteiger partial charge on any atom is 0.193 e. The van der Waals surface area contributed by atoms with E-state index in [0.29, 0.717) is 6.10 Å². The second-order valence-corrected chi connectivity index (χ2v) is 8.06. The Bertz CT molecular complexity index is 609. The zero-order valence-electron chi connectivity index (χ0n) is 18.1. The minimum Gasteiger partial charge on any atom is -0.385 e. The highest BCUT2D eigenvalue weighted by Crippen LogP contribution is 2.34. The van der Waals surface area contributed by atoms with Gasteiger partial charge in [0.25, 0.3) is 0 Å². The van der Waals surface area contributed by atoms with E-state index in [1.807, 2.05) is 7.05 Å². The molecule has 6 heteroatoms. The van der Waals surface area contributed by atoms with Crippen LogP contribution in [0.2, 0.25) is 0 Å². The second kappa shape index (κ2) is 11.5. The second-order valence-electron chi connectivity index (χ2n) is 8.06. The summed E-state index contributed by atoms with van der Waals surface area (Å²) in [6.45, 7) is 6.05. The normalized spacial score (nSPS) is 20.6. The Labute approximate surface area is 175 Å². The van der Waals surface area contributed by atoms with Gasteiger partial charge in [-0.25, -0.2) is 0 Å². The number of ether oxygens (including phenoxy) is 3. The van der Waals surface area contributed by atoms with E-state index in [9.17, 15) is 0 Å². The van der Waals surface area contributed by atoms with Crippen molar-refractivity contribution in [3.05, 3.63) is 35.9 Å². The van der Waals surface area contributed by atoms with Gasteiger partial charge in [-0.15, -0.1) is 0 Å². The standard InChI is InChI=1S/C23H37N3O3/c1-24-22(26-13-9-21(10-14-26)29-16-6-15-27-2)25-19-23(11-17-28-18-12-23)20-7-4-3-5-8-20/h3-5,7-8,21H,6,9-19H2,1-2H3,(H,24,25). The molecule has 2 aliphatic rings. The summed E-state index contributed by atoms with van der Waals surface area (Å²) in [4.78, 5) is 6.94. The Morgan fingerprint density at radius 2 is 1.90 bits per heavy atom. The van der Waals surface area contributed by atoms with E-state index < -0.39 is 0 Å². The molecule has 0 atom stereocenters. The number of piperidine rings is 1. The summed E-state index contributed by atoms with van der Waals surface area (Å²) in [7, 11) is 3.62. The van der Waals surface area contributed by atoms with Crippen molar-refractivity contribution in [1.29, 1.82) is 0 Å². The van der Waals surface area contributed by atoms with Crippen LogP contribution in [0.4, 0.5) is 0 Å². The van der Waals surface area contributed by atoms with E-state index in [1.165, 1.54) is 5.56 Å². The number of methoxy groups -OCH3 is 1. The molecular weight excluding hydrogens is 366 g/mol. The van der Waals surface area contributed by atoms with Crippen molar-refractivity contribution in [2.24, 2.45) is 4.99 Å². The monoisotopic (exact) mass is 403 g/mol. The van der Waals surface area contributed by atoms with Gasteiger partial charge in [-0.1, -0.05) is 30.3 Å². The summed E-state index contributed by atoms with van der Waals surface area (Å²) in [5.74, 6) is 1.00. The van der Waals surface area contributed by atoms with Crippen molar-refractivity contribution in [2.45, 2.75) is 43.6 Å². The maximum atomic E-state index is 5.99. The van der Waals surface area contributed by atoms with Crippen LogP contribution in [0.25, 0.3) is 0 Å². The first-order valence-electron chi connectivity index (χ1n) is 11.0. The molecule has 2 saturated heterocycles. The van der Waals surface area contributed by atoms with Crippen molar-refractivity contribution >= 4 is 5.96 Å². The van der Waals surface area contributed by atoms with Gasteiger partial charge in [-0.05, 0) is 37.7 Å². The number of likely N-dealkylation sites (tertiary alicyclic amines) is 1. The van der Waals surface area contributed by atoms with Crippen molar-refractivity contribution in [1.82, 2.24) is 10.2 Å². The Hall–Kier alpha value is -1.63. The van der Waals surface area contributed by atoms with Crippen LogP contribution in [0.3, 0.4) is 0 Å². The van der Waals surface area contributed by atoms with E-state index >= 15 is 0 Å². The van der Waals surface area contributed by atoms with Gasteiger partial charge >= 0.3 is 0 Å². The Kier molecular flexibility index (Phi) is 8.77. The number of nitrogens with zero attached hydrogens (tertiary/aromatic N) is 2. The van der Waals surface area contributed by atoms with Crippen molar-refractivity contribution in [2.75, 3.05) is 60.2 Å². The first-order valence-corrected chi connectivity index (χ1v) is 11.0. The SMILES string of the molecule is CN=C(NCC1(c2ccccc2)CCOCC1)N1CCC(OCCCOC)CC1. The molecule has 0 saturated carbocycles. The van der Waals surface area contributed by atoms with Gasteiger partial charge in [0.15, 0.2) is 5.96 Å². The summed E-state index contributed by atoms with van der Waals surface area (Å²) in [5.41, 5.74) is 1.51. The lowest BCUT2D eigenvalue weighted by molar-refractivity contribution is 0.00968. The minimum atomic E-state index is 0.109. The molecule has 0 radical (unpaired) electrons. The number of hydrogen-bond acceptors (Lipinski definition) is 4. The van der Waals surface area contributed by atoms with Crippen LogP contribution in [-0.2, 0) is 19.6 Å². The van der Waals surface area contributed by atoms with Gasteiger partial charge in [0.2, 0.25) is 0 Å². The lowest BCUT2D eigenvalue weighted by Crippen LogP contribution is -2.51. The molecular formula is C23H37N3O3. The van der Waals surface area contributed by atoms with E-state index in [1.54, 1.807) is 7.11 Å². The zero-order valence-corrected chi connectivity index (χ0v) is 18.1. The molecule has 0 bridgehead atoms. The van der Waals surface area contributed by atoms with Crippen molar-refractivity contribution in [3.63, 3.8) is 0 Å². The van der Waals surface area contributed by atoms with E-state index in [4.69, 9.17) is 14.2 Å². The highest BCUT2D eigenvalue weighted by atomic mass is 16.5. The quantitative estimate of drug-likeness (QED) is 0.411. The van der Waals surface area contributed by atoms with Crippen LogP contribution < -0.4 is 5.32 Å². The van der Waals surface area contributed by atoms with Crippen LogP contribution >= 0.6 is 0 Å². The van der Waals surface area contributed by atoms with Gasteiger partial charge in [0.05, 0.1) is 6.10 Å². The van der Waals surface area contributed by atoms with Crippen LogP contribution in [0, 0.1) is 0 Å². The molecule has 3 rings (SSSR count). The van der Waals surface area contributed by atoms with Gasteiger partial charge in [-0.2, -0.15) is 0 Å². The fourth-order valence-electron chi connectivity index (χ4n) is 4.39.